The van der Waals surface area contributed by atoms with Gasteiger partial charge in [0.1, 0.15) is 22.6 Å². The molecule has 1 atom stereocenters. The van der Waals surface area contributed by atoms with Crippen LogP contribution in [0.2, 0.25) is 5.02 Å². The summed E-state index contributed by atoms with van der Waals surface area (Å²) in [4.78, 5) is 23.9. The summed E-state index contributed by atoms with van der Waals surface area (Å²) in [6.07, 6.45) is 3.65. The maximum atomic E-state index is 13.1. The van der Waals surface area contributed by atoms with Crippen molar-refractivity contribution in [3.63, 3.8) is 0 Å². The summed E-state index contributed by atoms with van der Waals surface area (Å²) in [5, 5.41) is 6.53. The monoisotopic (exact) mass is 387 g/mol. The van der Waals surface area contributed by atoms with Gasteiger partial charge in [0.25, 0.3) is 5.91 Å². The number of hydrogen-bond acceptors (Lipinski definition) is 5. The van der Waals surface area contributed by atoms with Gasteiger partial charge in [-0.3, -0.25) is 4.79 Å². The molecule has 4 rings (SSSR count). The SMILES string of the molecule is Cn1ccnc1C1CNCCN1C(=O)c1csc(-c2ccccc2Cl)n1. The summed E-state index contributed by atoms with van der Waals surface area (Å²) in [5.41, 5.74) is 1.30. The molecular formula is C18H18ClN5OS. The molecule has 0 radical (unpaired) electrons. The number of piperazine rings is 1. The average molecular weight is 388 g/mol. The lowest BCUT2D eigenvalue weighted by Gasteiger charge is -2.35. The van der Waals surface area contributed by atoms with E-state index in [0.717, 1.165) is 22.9 Å². The molecule has 1 fully saturated rings. The van der Waals surface area contributed by atoms with Gasteiger partial charge in [-0.1, -0.05) is 29.8 Å². The van der Waals surface area contributed by atoms with Gasteiger partial charge in [0.15, 0.2) is 0 Å². The molecule has 1 aliphatic rings. The van der Waals surface area contributed by atoms with E-state index in [0.29, 0.717) is 23.8 Å². The molecule has 6 nitrogen and oxygen atoms in total. The van der Waals surface area contributed by atoms with Crippen molar-refractivity contribution in [2.24, 2.45) is 7.05 Å². The zero-order valence-electron chi connectivity index (χ0n) is 14.2. The molecule has 0 spiro atoms. The van der Waals surface area contributed by atoms with Gasteiger partial charge in [-0.2, -0.15) is 0 Å². The second-order valence-electron chi connectivity index (χ2n) is 6.13. The van der Waals surface area contributed by atoms with Gasteiger partial charge >= 0.3 is 0 Å². The number of imidazole rings is 1. The van der Waals surface area contributed by atoms with Gasteiger partial charge < -0.3 is 14.8 Å². The normalized spacial score (nSPS) is 17.5. The van der Waals surface area contributed by atoms with Crippen molar-refractivity contribution in [1.82, 2.24) is 24.8 Å². The van der Waals surface area contributed by atoms with Crippen LogP contribution in [-0.4, -0.2) is 45.0 Å². The number of nitrogens with one attached hydrogen (secondary N) is 1. The lowest BCUT2D eigenvalue weighted by atomic mass is 10.1. The molecule has 0 bridgehead atoms. The average Bonchev–Trinajstić information content (AvgIpc) is 3.31. The van der Waals surface area contributed by atoms with Crippen molar-refractivity contribution < 1.29 is 4.79 Å². The zero-order valence-corrected chi connectivity index (χ0v) is 15.8. The molecular weight excluding hydrogens is 370 g/mol. The number of aryl methyl sites for hydroxylation is 1. The minimum absolute atomic E-state index is 0.0750. The van der Waals surface area contributed by atoms with E-state index in [1.165, 1.54) is 11.3 Å². The summed E-state index contributed by atoms with van der Waals surface area (Å²) in [5.74, 6) is 0.793. The number of carbonyl (C=O) groups is 1. The lowest BCUT2D eigenvalue weighted by molar-refractivity contribution is 0.0615. The van der Waals surface area contributed by atoms with Crippen molar-refractivity contribution in [2.45, 2.75) is 6.04 Å². The Morgan fingerprint density at radius 2 is 2.23 bits per heavy atom. The molecule has 0 saturated carbocycles. The molecule has 1 aliphatic heterocycles. The van der Waals surface area contributed by atoms with Crippen molar-refractivity contribution >= 4 is 28.8 Å². The first-order valence-corrected chi connectivity index (χ1v) is 9.60. The number of thiazole rings is 1. The number of rotatable bonds is 3. The third-order valence-electron chi connectivity index (χ3n) is 4.49. The highest BCUT2D eigenvalue weighted by Gasteiger charge is 2.32. The molecule has 134 valence electrons. The van der Waals surface area contributed by atoms with Crippen LogP contribution in [0, 0.1) is 0 Å². The van der Waals surface area contributed by atoms with Crippen LogP contribution < -0.4 is 5.32 Å². The number of hydrogen-bond donors (Lipinski definition) is 1. The van der Waals surface area contributed by atoms with E-state index < -0.39 is 0 Å². The van der Waals surface area contributed by atoms with Crippen molar-refractivity contribution in [3.8, 4) is 10.6 Å². The third kappa shape index (κ3) is 3.13. The Bertz CT molecular complexity index is 937. The minimum atomic E-state index is -0.110. The van der Waals surface area contributed by atoms with Crippen molar-refractivity contribution in [3.05, 3.63) is 58.6 Å². The number of nitrogens with zero attached hydrogens (tertiary/aromatic N) is 4. The molecule has 3 aromatic rings. The topological polar surface area (TPSA) is 63.1 Å². The van der Waals surface area contributed by atoms with Crippen LogP contribution in [0.4, 0.5) is 0 Å². The van der Waals surface area contributed by atoms with E-state index in [-0.39, 0.29) is 11.9 Å². The molecule has 3 heterocycles. The van der Waals surface area contributed by atoms with Gasteiger partial charge in [-0.15, -0.1) is 11.3 Å². The molecule has 0 aliphatic carbocycles. The van der Waals surface area contributed by atoms with Crippen molar-refractivity contribution in [2.75, 3.05) is 19.6 Å². The van der Waals surface area contributed by atoms with Crippen molar-refractivity contribution in [1.29, 1.82) is 0 Å². The van der Waals surface area contributed by atoms with Crippen LogP contribution in [-0.2, 0) is 7.05 Å². The van der Waals surface area contributed by atoms with Gasteiger partial charge in [0, 0.05) is 50.0 Å². The second-order valence-corrected chi connectivity index (χ2v) is 7.40. The van der Waals surface area contributed by atoms with Crippen LogP contribution in [0.5, 0.6) is 0 Å². The number of halogens is 1. The smallest absolute Gasteiger partial charge is 0.274 e. The highest BCUT2D eigenvalue weighted by atomic mass is 35.5. The number of carbonyl (C=O) groups excluding carboxylic acids is 1. The Morgan fingerprint density at radius 1 is 1.38 bits per heavy atom. The second kappa shape index (κ2) is 7.19. The fraction of sp³-hybridized carbons (Fsp3) is 0.278. The van der Waals surface area contributed by atoms with Crippen LogP contribution >= 0.6 is 22.9 Å². The van der Waals surface area contributed by atoms with Crippen LogP contribution in [0.3, 0.4) is 0 Å². The maximum Gasteiger partial charge on any atom is 0.274 e. The molecule has 8 heteroatoms. The fourth-order valence-corrected chi connectivity index (χ4v) is 4.27. The van der Waals surface area contributed by atoms with Gasteiger partial charge in [0.2, 0.25) is 0 Å². The van der Waals surface area contributed by atoms with Crippen LogP contribution in [0.25, 0.3) is 10.6 Å². The standard InChI is InChI=1S/C18H18ClN5OS/c1-23-8-7-21-16(23)15-10-20-6-9-24(15)18(25)14-11-26-17(22-14)12-4-2-3-5-13(12)19/h2-5,7-8,11,15,20H,6,9-10H2,1H3. The molecule has 1 unspecified atom stereocenters. The van der Waals surface area contributed by atoms with Crippen LogP contribution in [0.1, 0.15) is 22.4 Å². The van der Waals surface area contributed by atoms with E-state index in [9.17, 15) is 4.79 Å². The summed E-state index contributed by atoms with van der Waals surface area (Å²) in [6, 6.07) is 7.42. The van der Waals surface area contributed by atoms with E-state index in [4.69, 9.17) is 11.6 Å². The predicted octanol–water partition coefficient (Wildman–Crippen LogP) is 2.98. The van der Waals surface area contributed by atoms with E-state index in [1.54, 1.807) is 11.6 Å². The summed E-state index contributed by atoms with van der Waals surface area (Å²) < 4.78 is 1.95. The quantitative estimate of drug-likeness (QED) is 0.750. The first kappa shape index (κ1) is 17.2. The Labute approximate surface area is 160 Å². The van der Waals surface area contributed by atoms with Crippen LogP contribution in [0.15, 0.2) is 42.0 Å². The number of amides is 1. The zero-order chi connectivity index (χ0) is 18.1. The van der Waals surface area contributed by atoms with E-state index in [2.05, 4.69) is 15.3 Å². The molecule has 1 aromatic carbocycles. The Hall–Kier alpha value is -2.22. The van der Waals surface area contributed by atoms with Gasteiger partial charge in [-0.05, 0) is 6.07 Å². The minimum Gasteiger partial charge on any atom is -0.336 e. The molecule has 1 amide bonds. The Balaban J connectivity index is 1.62. The molecule has 1 saturated heterocycles. The predicted molar refractivity (Wildman–Crippen MR) is 102 cm³/mol. The summed E-state index contributed by atoms with van der Waals surface area (Å²) in [6.45, 7) is 2.06. The first-order chi connectivity index (χ1) is 12.6. The van der Waals surface area contributed by atoms with Gasteiger partial charge in [-0.25, -0.2) is 9.97 Å². The summed E-state index contributed by atoms with van der Waals surface area (Å²) >= 11 is 7.69. The third-order valence-corrected chi connectivity index (χ3v) is 5.69. The fourth-order valence-electron chi connectivity index (χ4n) is 3.15. The summed E-state index contributed by atoms with van der Waals surface area (Å²) in [7, 11) is 1.94. The van der Waals surface area contributed by atoms with E-state index >= 15 is 0 Å². The number of aromatic nitrogens is 3. The largest absolute Gasteiger partial charge is 0.336 e. The maximum absolute atomic E-state index is 13.1. The van der Waals surface area contributed by atoms with Gasteiger partial charge in [0.05, 0.1) is 5.02 Å². The lowest BCUT2D eigenvalue weighted by Crippen LogP contribution is -2.49. The Morgan fingerprint density at radius 3 is 3.00 bits per heavy atom. The first-order valence-electron chi connectivity index (χ1n) is 8.34. The molecule has 1 N–H and O–H groups in total. The highest BCUT2D eigenvalue weighted by molar-refractivity contribution is 7.13. The molecule has 26 heavy (non-hydrogen) atoms. The van der Waals surface area contributed by atoms with E-state index in [1.807, 2.05) is 47.0 Å². The Kier molecular flexibility index (Phi) is 4.76. The number of benzene rings is 1. The highest BCUT2D eigenvalue weighted by Crippen LogP contribution is 2.31. The molecule has 2 aromatic heterocycles.